The maximum atomic E-state index is 12.2. The van der Waals surface area contributed by atoms with Gasteiger partial charge in [0.05, 0.1) is 0 Å². The number of rotatable bonds is 4. The van der Waals surface area contributed by atoms with Crippen LogP contribution in [0.1, 0.15) is 71.9 Å². The zero-order chi connectivity index (χ0) is 20.3. The van der Waals surface area contributed by atoms with Crippen molar-refractivity contribution in [3.63, 3.8) is 0 Å². The van der Waals surface area contributed by atoms with Gasteiger partial charge >= 0.3 is 12.2 Å². The van der Waals surface area contributed by atoms with Crippen LogP contribution >= 0.6 is 0 Å². The van der Waals surface area contributed by atoms with Crippen molar-refractivity contribution in [3.05, 3.63) is 5.69 Å². The van der Waals surface area contributed by atoms with Gasteiger partial charge in [-0.05, 0) is 55.4 Å². The smallest absolute Gasteiger partial charge is 0.413 e. The van der Waals surface area contributed by atoms with Crippen molar-refractivity contribution in [2.45, 2.75) is 72.6 Å². The lowest BCUT2D eigenvalue weighted by atomic mass is 10.2. The molecule has 0 aliphatic carbocycles. The molecule has 0 saturated heterocycles. The molecule has 1 aromatic rings. The fourth-order valence-electron chi connectivity index (χ4n) is 1.96. The highest BCUT2D eigenvalue weighted by atomic mass is 16.6. The van der Waals surface area contributed by atoms with Gasteiger partial charge in [-0.25, -0.2) is 14.3 Å². The highest BCUT2D eigenvalue weighted by Gasteiger charge is 2.26. The van der Waals surface area contributed by atoms with E-state index in [1.54, 1.807) is 41.5 Å². The highest BCUT2D eigenvalue weighted by molar-refractivity contribution is 6.00. The molecule has 0 aliphatic rings. The number of amides is 2. The summed E-state index contributed by atoms with van der Waals surface area (Å²) in [6, 6.07) is -0.187. The Bertz CT molecular complexity index is 681. The van der Waals surface area contributed by atoms with Crippen LogP contribution in [0, 0.1) is 0 Å². The molecular formula is C17H28N4O5. The van der Waals surface area contributed by atoms with Gasteiger partial charge in [0.25, 0.3) is 0 Å². The molecule has 0 saturated carbocycles. The van der Waals surface area contributed by atoms with Gasteiger partial charge in [0.1, 0.15) is 16.9 Å². The van der Waals surface area contributed by atoms with Gasteiger partial charge < -0.3 is 9.47 Å². The summed E-state index contributed by atoms with van der Waals surface area (Å²) in [4.78, 5) is 35.7. The SMILES string of the molecule is CC(C)n1nc(C=O)c(NC(=O)OC(C)(C)C)c1NC(=O)OC(C)(C)C. The Kier molecular flexibility index (Phi) is 6.40. The Balaban J connectivity index is 3.23. The fraction of sp³-hybridized carbons (Fsp3) is 0.647. The second-order valence-corrected chi connectivity index (χ2v) is 8.02. The number of carbonyl (C=O) groups is 3. The molecule has 2 amide bonds. The van der Waals surface area contributed by atoms with E-state index in [2.05, 4.69) is 15.7 Å². The first-order valence-corrected chi connectivity index (χ1v) is 8.31. The number of ether oxygens (including phenoxy) is 2. The van der Waals surface area contributed by atoms with E-state index in [0.717, 1.165) is 0 Å². The summed E-state index contributed by atoms with van der Waals surface area (Å²) < 4.78 is 11.9. The van der Waals surface area contributed by atoms with Crippen molar-refractivity contribution in [2.75, 3.05) is 10.6 Å². The van der Waals surface area contributed by atoms with Crippen LogP contribution in [0.5, 0.6) is 0 Å². The maximum Gasteiger partial charge on any atom is 0.413 e. The van der Waals surface area contributed by atoms with Gasteiger partial charge in [-0.1, -0.05) is 0 Å². The summed E-state index contributed by atoms with van der Waals surface area (Å²) in [6.07, 6.45) is -1.01. The van der Waals surface area contributed by atoms with E-state index in [9.17, 15) is 14.4 Å². The lowest BCUT2D eigenvalue weighted by Crippen LogP contribution is -2.30. The minimum absolute atomic E-state index is 0.0318. The molecule has 0 aliphatic heterocycles. The number of hydrogen-bond donors (Lipinski definition) is 2. The maximum absolute atomic E-state index is 12.2. The zero-order valence-corrected chi connectivity index (χ0v) is 16.6. The molecule has 146 valence electrons. The van der Waals surface area contributed by atoms with Crippen molar-refractivity contribution in [1.82, 2.24) is 9.78 Å². The molecule has 1 rings (SSSR count). The quantitative estimate of drug-likeness (QED) is 0.778. The number of aldehydes is 1. The molecule has 0 fully saturated rings. The molecule has 0 spiro atoms. The number of nitrogens with zero attached hydrogens (tertiary/aromatic N) is 2. The van der Waals surface area contributed by atoms with Crippen molar-refractivity contribution in [1.29, 1.82) is 0 Å². The first-order chi connectivity index (χ1) is 11.7. The number of aromatic nitrogens is 2. The lowest BCUT2D eigenvalue weighted by Gasteiger charge is -2.22. The minimum atomic E-state index is -0.767. The van der Waals surface area contributed by atoms with Crippen molar-refractivity contribution in [2.24, 2.45) is 0 Å². The highest BCUT2D eigenvalue weighted by Crippen LogP contribution is 2.29. The Morgan fingerprint density at radius 3 is 1.85 bits per heavy atom. The third-order valence-electron chi connectivity index (χ3n) is 2.78. The van der Waals surface area contributed by atoms with Crippen LogP contribution in [-0.4, -0.2) is 39.5 Å². The van der Waals surface area contributed by atoms with E-state index >= 15 is 0 Å². The second-order valence-electron chi connectivity index (χ2n) is 8.02. The van der Waals surface area contributed by atoms with Crippen LogP contribution in [0.25, 0.3) is 0 Å². The van der Waals surface area contributed by atoms with E-state index in [4.69, 9.17) is 9.47 Å². The van der Waals surface area contributed by atoms with E-state index in [1.807, 2.05) is 13.8 Å². The predicted octanol–water partition coefficient (Wildman–Crippen LogP) is 3.97. The number of anilines is 2. The molecule has 1 aromatic heterocycles. The standard InChI is InChI=1S/C17H28N4O5/c1-10(2)21-13(19-15(24)26-17(6,7)8)12(11(9-22)20-21)18-14(23)25-16(3,4)5/h9-10H,1-8H3,(H,18,23)(H,19,24). The average Bonchev–Trinajstić information content (AvgIpc) is 2.72. The molecule has 0 unspecified atom stereocenters. The molecule has 0 atom stereocenters. The monoisotopic (exact) mass is 368 g/mol. The molecule has 0 bridgehead atoms. The van der Waals surface area contributed by atoms with Crippen LogP contribution < -0.4 is 10.6 Å². The Morgan fingerprint density at radius 1 is 1.00 bits per heavy atom. The Hall–Kier alpha value is -2.58. The predicted molar refractivity (Wildman–Crippen MR) is 97.7 cm³/mol. The van der Waals surface area contributed by atoms with E-state index in [1.165, 1.54) is 4.68 Å². The summed E-state index contributed by atoms with van der Waals surface area (Å²) in [5.74, 6) is 0.141. The topological polar surface area (TPSA) is 112 Å². The summed E-state index contributed by atoms with van der Waals surface area (Å²) in [5, 5.41) is 9.17. The number of hydrogen-bond acceptors (Lipinski definition) is 6. The van der Waals surface area contributed by atoms with Gasteiger partial charge in [-0.15, -0.1) is 0 Å². The molecule has 9 nitrogen and oxygen atoms in total. The van der Waals surface area contributed by atoms with Gasteiger partial charge in [-0.3, -0.25) is 15.4 Å². The van der Waals surface area contributed by atoms with Gasteiger partial charge in [0, 0.05) is 6.04 Å². The van der Waals surface area contributed by atoms with Crippen LogP contribution in [0.15, 0.2) is 0 Å². The van der Waals surface area contributed by atoms with Gasteiger partial charge in [0.2, 0.25) is 0 Å². The average molecular weight is 368 g/mol. The lowest BCUT2D eigenvalue weighted by molar-refractivity contribution is 0.0619. The first kappa shape index (κ1) is 21.5. The van der Waals surface area contributed by atoms with Crippen molar-refractivity contribution < 1.29 is 23.9 Å². The van der Waals surface area contributed by atoms with E-state index < -0.39 is 23.4 Å². The largest absolute Gasteiger partial charge is 0.444 e. The van der Waals surface area contributed by atoms with E-state index in [0.29, 0.717) is 6.29 Å². The molecule has 9 heteroatoms. The molecule has 1 heterocycles. The van der Waals surface area contributed by atoms with Crippen LogP contribution in [0.2, 0.25) is 0 Å². The van der Waals surface area contributed by atoms with Crippen molar-refractivity contribution in [3.8, 4) is 0 Å². The fourth-order valence-corrected chi connectivity index (χ4v) is 1.96. The van der Waals surface area contributed by atoms with Crippen LogP contribution in [-0.2, 0) is 9.47 Å². The van der Waals surface area contributed by atoms with Crippen LogP contribution in [0.4, 0.5) is 21.1 Å². The molecule has 0 radical (unpaired) electrons. The third kappa shape index (κ3) is 6.38. The number of carbonyl (C=O) groups excluding carboxylic acids is 3. The van der Waals surface area contributed by atoms with Crippen molar-refractivity contribution >= 4 is 30.0 Å². The summed E-state index contributed by atoms with van der Waals surface area (Å²) in [6.45, 7) is 14.0. The summed E-state index contributed by atoms with van der Waals surface area (Å²) in [7, 11) is 0. The molecular weight excluding hydrogens is 340 g/mol. The van der Waals surface area contributed by atoms with Crippen LogP contribution in [0.3, 0.4) is 0 Å². The first-order valence-electron chi connectivity index (χ1n) is 8.31. The van der Waals surface area contributed by atoms with E-state index in [-0.39, 0.29) is 23.2 Å². The third-order valence-corrected chi connectivity index (χ3v) is 2.78. The van der Waals surface area contributed by atoms with Gasteiger partial charge in [0.15, 0.2) is 17.8 Å². The number of nitrogens with one attached hydrogen (secondary N) is 2. The molecule has 26 heavy (non-hydrogen) atoms. The minimum Gasteiger partial charge on any atom is -0.444 e. The zero-order valence-electron chi connectivity index (χ0n) is 16.6. The summed E-state index contributed by atoms with van der Waals surface area (Å²) in [5.41, 5.74) is -1.42. The summed E-state index contributed by atoms with van der Waals surface area (Å²) >= 11 is 0. The Labute approximate surface area is 153 Å². The Morgan fingerprint density at radius 2 is 1.46 bits per heavy atom. The normalized spacial score (nSPS) is 11.9. The molecule has 2 N–H and O–H groups in total. The second kappa shape index (κ2) is 7.76. The van der Waals surface area contributed by atoms with Gasteiger partial charge in [-0.2, -0.15) is 5.10 Å². The molecule has 0 aromatic carbocycles.